The van der Waals surface area contributed by atoms with Crippen molar-refractivity contribution in [2.24, 2.45) is 0 Å². The van der Waals surface area contributed by atoms with Gasteiger partial charge in [0.15, 0.2) is 0 Å². The van der Waals surface area contributed by atoms with E-state index < -0.39 is 11.9 Å². The van der Waals surface area contributed by atoms with Gasteiger partial charge in [-0.15, -0.1) is 0 Å². The lowest BCUT2D eigenvalue weighted by atomic mass is 10.1. The monoisotopic (exact) mass is 431 g/mol. The van der Waals surface area contributed by atoms with E-state index in [1.54, 1.807) is 31.2 Å². The molecule has 1 aromatic carbocycles. The van der Waals surface area contributed by atoms with Crippen molar-refractivity contribution in [1.29, 1.82) is 0 Å². The first-order valence-electron chi connectivity index (χ1n) is 9.62. The molecule has 2 N–H and O–H groups in total. The van der Waals surface area contributed by atoms with Gasteiger partial charge in [-0.1, -0.05) is 11.6 Å². The third kappa shape index (κ3) is 5.30. The lowest BCUT2D eigenvalue weighted by Crippen LogP contribution is -2.13. The summed E-state index contributed by atoms with van der Waals surface area (Å²) in [5.74, 6) is -1.12. The molecule has 160 valence electrons. The number of ether oxygens (including phenoxy) is 1. The molecule has 0 saturated heterocycles. The average molecular weight is 432 g/mol. The number of nitrogens with zero attached hydrogens (tertiary/aromatic N) is 1. The van der Waals surface area contributed by atoms with Crippen molar-refractivity contribution in [3.8, 4) is 0 Å². The minimum Gasteiger partial charge on any atom is -0.462 e. The van der Waals surface area contributed by atoms with Crippen LogP contribution >= 0.6 is 11.6 Å². The van der Waals surface area contributed by atoms with Gasteiger partial charge in [-0.05, 0) is 52.0 Å². The molecule has 0 saturated carbocycles. The Labute approximate surface area is 181 Å². The summed E-state index contributed by atoms with van der Waals surface area (Å²) in [5.41, 5.74) is 3.54. The quantitative estimate of drug-likeness (QED) is 0.496. The van der Waals surface area contributed by atoms with Crippen molar-refractivity contribution in [3.63, 3.8) is 0 Å². The van der Waals surface area contributed by atoms with E-state index in [9.17, 15) is 14.4 Å². The molecule has 30 heavy (non-hydrogen) atoms. The van der Waals surface area contributed by atoms with Gasteiger partial charge in [0, 0.05) is 41.5 Å². The summed E-state index contributed by atoms with van der Waals surface area (Å²) >= 11 is 6.02. The largest absolute Gasteiger partial charge is 0.462 e. The van der Waals surface area contributed by atoms with E-state index in [0.29, 0.717) is 34.1 Å². The van der Waals surface area contributed by atoms with E-state index in [-0.39, 0.29) is 12.5 Å². The number of rotatable bonds is 7. The topological polar surface area (TPSA) is 89.4 Å². The van der Waals surface area contributed by atoms with Crippen molar-refractivity contribution >= 4 is 46.8 Å². The molecule has 0 radical (unpaired) electrons. The van der Waals surface area contributed by atoms with Crippen molar-refractivity contribution in [3.05, 3.63) is 51.8 Å². The number of carbonyl (C=O) groups excluding carboxylic acids is 3. The Kier molecular flexibility index (Phi) is 7.83. The van der Waals surface area contributed by atoms with Crippen LogP contribution in [0.15, 0.2) is 24.3 Å². The number of nitrogens with one attached hydrogen (secondary N) is 2. The first-order valence-corrected chi connectivity index (χ1v) is 10.00. The highest BCUT2D eigenvalue weighted by molar-refractivity contribution is 6.31. The van der Waals surface area contributed by atoms with Gasteiger partial charge in [0.1, 0.15) is 0 Å². The van der Waals surface area contributed by atoms with Gasteiger partial charge in [-0.3, -0.25) is 9.59 Å². The molecule has 0 bridgehead atoms. The van der Waals surface area contributed by atoms with Crippen LogP contribution in [0.1, 0.15) is 48.1 Å². The molecule has 0 fully saturated rings. The maximum Gasteiger partial charge on any atom is 0.340 e. The third-order valence-electron chi connectivity index (χ3n) is 4.58. The zero-order valence-corrected chi connectivity index (χ0v) is 18.5. The number of halogens is 1. The zero-order chi connectivity index (χ0) is 22.4. The van der Waals surface area contributed by atoms with Gasteiger partial charge in [-0.2, -0.15) is 0 Å². The second kappa shape index (κ2) is 10.1. The molecule has 1 aromatic heterocycles. The molecular formula is C22H26ClN3O4. The summed E-state index contributed by atoms with van der Waals surface area (Å²) in [5, 5.41) is 5.77. The molecule has 7 nitrogen and oxygen atoms in total. The normalized spacial score (nSPS) is 10.9. The van der Waals surface area contributed by atoms with E-state index in [0.717, 1.165) is 11.4 Å². The van der Waals surface area contributed by atoms with Crippen LogP contribution in [-0.4, -0.2) is 29.0 Å². The molecule has 2 rings (SSSR count). The van der Waals surface area contributed by atoms with Gasteiger partial charge in [0.05, 0.1) is 23.5 Å². The first kappa shape index (κ1) is 23.2. The lowest BCUT2D eigenvalue weighted by molar-refractivity contribution is -0.114. The van der Waals surface area contributed by atoms with Gasteiger partial charge in [-0.25, -0.2) is 4.79 Å². The van der Waals surface area contributed by atoms with E-state index in [1.165, 1.54) is 13.0 Å². The Bertz CT molecular complexity index is 1010. The van der Waals surface area contributed by atoms with E-state index in [2.05, 4.69) is 10.6 Å². The van der Waals surface area contributed by atoms with E-state index in [1.807, 2.05) is 25.3 Å². The maximum atomic E-state index is 12.5. The summed E-state index contributed by atoms with van der Waals surface area (Å²) in [6, 6.07) is 4.77. The van der Waals surface area contributed by atoms with Crippen molar-refractivity contribution < 1.29 is 19.1 Å². The van der Waals surface area contributed by atoms with Crippen molar-refractivity contribution in [2.45, 2.75) is 41.2 Å². The molecule has 2 amide bonds. The molecule has 0 aliphatic carbocycles. The smallest absolute Gasteiger partial charge is 0.340 e. The standard InChI is InChI=1S/C22H26ClN3O4/c1-6-26-13(3)17(21(14(26)4)22(29)30-7-2)9-11-20(28)25-19-12-16(23)8-10-18(19)24-15(5)27/h8-12H,6-7H2,1-5H3,(H,24,27)(H,25,28)/b11-9+. The van der Waals surface area contributed by atoms with Crippen molar-refractivity contribution in [1.82, 2.24) is 4.57 Å². The summed E-state index contributed by atoms with van der Waals surface area (Å²) in [6.07, 6.45) is 2.93. The molecule has 0 aliphatic heterocycles. The molecule has 0 spiro atoms. The maximum absolute atomic E-state index is 12.5. The lowest BCUT2D eigenvalue weighted by Gasteiger charge is -2.10. The fourth-order valence-electron chi connectivity index (χ4n) is 3.30. The van der Waals surface area contributed by atoms with Crippen LogP contribution in [0.2, 0.25) is 5.02 Å². The highest BCUT2D eigenvalue weighted by Gasteiger charge is 2.22. The predicted octanol–water partition coefficient (Wildman–Crippen LogP) is 4.57. The SMILES string of the molecule is CCOC(=O)c1c(/C=C/C(=O)Nc2cc(Cl)ccc2NC(C)=O)c(C)n(CC)c1C. The summed E-state index contributed by atoms with van der Waals surface area (Å²) in [4.78, 5) is 36.4. The fraction of sp³-hybridized carbons (Fsp3) is 0.318. The fourth-order valence-corrected chi connectivity index (χ4v) is 3.47. The Balaban J connectivity index is 2.35. The predicted molar refractivity (Wildman–Crippen MR) is 119 cm³/mol. The van der Waals surface area contributed by atoms with Gasteiger partial charge >= 0.3 is 5.97 Å². The molecule has 0 unspecified atom stereocenters. The van der Waals surface area contributed by atoms with Crippen LogP contribution in [0.25, 0.3) is 6.08 Å². The highest BCUT2D eigenvalue weighted by Crippen LogP contribution is 2.27. The molecule has 1 heterocycles. The first-order chi connectivity index (χ1) is 14.2. The number of esters is 1. The second-order valence-electron chi connectivity index (χ2n) is 6.62. The zero-order valence-electron chi connectivity index (χ0n) is 17.8. The molecule has 8 heteroatoms. The van der Waals surface area contributed by atoms with Crippen LogP contribution < -0.4 is 10.6 Å². The molecular weight excluding hydrogens is 406 g/mol. The molecule has 2 aromatic rings. The summed E-state index contributed by atoms with van der Waals surface area (Å²) in [7, 11) is 0. The average Bonchev–Trinajstić information content (AvgIpc) is 2.91. The number of benzene rings is 1. The van der Waals surface area contributed by atoms with Gasteiger partial charge in [0.2, 0.25) is 11.8 Å². The Morgan fingerprint density at radius 3 is 2.40 bits per heavy atom. The van der Waals surface area contributed by atoms with Crippen molar-refractivity contribution in [2.75, 3.05) is 17.2 Å². The minimum atomic E-state index is -0.431. The number of hydrogen-bond acceptors (Lipinski definition) is 4. The number of aromatic nitrogens is 1. The van der Waals surface area contributed by atoms with Gasteiger partial charge < -0.3 is 19.9 Å². The minimum absolute atomic E-state index is 0.263. The molecule has 0 atom stereocenters. The van der Waals surface area contributed by atoms with Crippen LogP contribution in [0.4, 0.5) is 11.4 Å². The van der Waals surface area contributed by atoms with Crippen LogP contribution in [-0.2, 0) is 20.9 Å². The Morgan fingerprint density at radius 2 is 1.80 bits per heavy atom. The number of carbonyl (C=O) groups is 3. The van der Waals surface area contributed by atoms with Crippen LogP contribution in [0.5, 0.6) is 0 Å². The van der Waals surface area contributed by atoms with E-state index >= 15 is 0 Å². The summed E-state index contributed by atoms with van der Waals surface area (Å²) < 4.78 is 7.18. The van der Waals surface area contributed by atoms with E-state index in [4.69, 9.17) is 16.3 Å². The third-order valence-corrected chi connectivity index (χ3v) is 4.81. The van der Waals surface area contributed by atoms with Gasteiger partial charge in [0.25, 0.3) is 0 Å². The van der Waals surface area contributed by atoms with Crippen LogP contribution in [0.3, 0.4) is 0 Å². The molecule has 0 aliphatic rings. The Morgan fingerprint density at radius 1 is 1.10 bits per heavy atom. The highest BCUT2D eigenvalue weighted by atomic mass is 35.5. The Hall–Kier alpha value is -3.06. The number of amides is 2. The summed E-state index contributed by atoms with van der Waals surface area (Å²) in [6.45, 7) is 9.80. The van der Waals surface area contributed by atoms with Crippen LogP contribution in [0, 0.1) is 13.8 Å². The number of hydrogen-bond donors (Lipinski definition) is 2. The number of anilines is 2. The second-order valence-corrected chi connectivity index (χ2v) is 7.05.